The van der Waals surface area contributed by atoms with Crippen molar-refractivity contribution in [3.63, 3.8) is 0 Å². The zero-order valence-corrected chi connectivity index (χ0v) is 12.0. The summed E-state index contributed by atoms with van der Waals surface area (Å²) in [6, 6.07) is 14.4. The predicted octanol–water partition coefficient (Wildman–Crippen LogP) is 4.17. The number of benzene rings is 2. The van der Waals surface area contributed by atoms with Gasteiger partial charge in [0.05, 0.1) is 11.1 Å². The molecular weight excluding hydrogens is 326 g/mol. The van der Waals surface area contributed by atoms with Gasteiger partial charge in [-0.05, 0) is 42.5 Å². The van der Waals surface area contributed by atoms with Gasteiger partial charge in [-0.1, -0.05) is 27.7 Å². The van der Waals surface area contributed by atoms with Gasteiger partial charge in [-0.25, -0.2) is 4.79 Å². The van der Waals surface area contributed by atoms with Gasteiger partial charge >= 0.3 is 5.97 Å². The lowest BCUT2D eigenvalue weighted by atomic mass is 10.1. The Bertz CT molecular complexity index is 662. The molecule has 0 aliphatic rings. The Kier molecular flexibility index (Phi) is 4.25. The summed E-state index contributed by atoms with van der Waals surface area (Å²) in [7, 11) is 0. The van der Waals surface area contributed by atoms with Crippen molar-refractivity contribution in [1.29, 1.82) is 5.26 Å². The molecule has 2 aromatic carbocycles. The summed E-state index contributed by atoms with van der Waals surface area (Å²) in [6.07, 6.45) is 0. The summed E-state index contributed by atoms with van der Waals surface area (Å²) in [5.41, 5.74) is 0.206. The van der Waals surface area contributed by atoms with Crippen LogP contribution >= 0.6 is 27.7 Å². The van der Waals surface area contributed by atoms with Crippen LogP contribution in [-0.2, 0) is 0 Å². The molecule has 0 saturated carbocycles. The minimum atomic E-state index is -1.09. The van der Waals surface area contributed by atoms with Crippen LogP contribution < -0.4 is 0 Å². The fraction of sp³-hybridized carbons (Fsp3) is 0. The molecule has 0 atom stereocenters. The van der Waals surface area contributed by atoms with Crippen LogP contribution in [0, 0.1) is 11.3 Å². The third-order valence-electron chi connectivity index (χ3n) is 2.39. The number of carbonyl (C=O) groups is 1. The number of nitriles is 1. The number of rotatable bonds is 3. The average Bonchev–Trinajstić information content (AvgIpc) is 2.41. The van der Waals surface area contributed by atoms with Gasteiger partial charge in [-0.2, -0.15) is 5.26 Å². The summed E-state index contributed by atoms with van der Waals surface area (Å²) in [5.74, 6) is -1.09. The Balaban J connectivity index is 2.29. The molecule has 94 valence electrons. The predicted molar refractivity (Wildman–Crippen MR) is 76.4 cm³/mol. The number of nitrogens with zero attached hydrogens (tertiary/aromatic N) is 1. The van der Waals surface area contributed by atoms with Crippen LogP contribution in [0.2, 0.25) is 0 Å². The van der Waals surface area contributed by atoms with E-state index >= 15 is 0 Å². The molecule has 0 aliphatic carbocycles. The van der Waals surface area contributed by atoms with E-state index in [0.29, 0.717) is 0 Å². The minimum absolute atomic E-state index is 0.0302. The maximum atomic E-state index is 10.9. The van der Waals surface area contributed by atoms with Gasteiger partial charge in [0.1, 0.15) is 6.07 Å². The topological polar surface area (TPSA) is 61.1 Å². The molecule has 0 fully saturated rings. The van der Waals surface area contributed by atoms with Crippen LogP contribution in [0.1, 0.15) is 15.9 Å². The van der Waals surface area contributed by atoms with Crippen molar-refractivity contribution in [2.45, 2.75) is 9.79 Å². The van der Waals surface area contributed by atoms with Crippen LogP contribution in [-0.4, -0.2) is 11.1 Å². The second kappa shape index (κ2) is 5.91. The molecule has 0 saturated heterocycles. The molecule has 2 aromatic rings. The van der Waals surface area contributed by atoms with Crippen LogP contribution in [0.5, 0.6) is 0 Å². The van der Waals surface area contributed by atoms with E-state index in [2.05, 4.69) is 15.9 Å². The lowest BCUT2D eigenvalue weighted by molar-refractivity contribution is 0.0696. The largest absolute Gasteiger partial charge is 0.478 e. The molecule has 0 bridgehead atoms. The van der Waals surface area contributed by atoms with E-state index in [1.165, 1.54) is 17.8 Å². The van der Waals surface area contributed by atoms with E-state index in [9.17, 15) is 4.79 Å². The van der Waals surface area contributed by atoms with E-state index < -0.39 is 5.97 Å². The fourth-order valence-electron chi connectivity index (χ4n) is 1.50. The van der Waals surface area contributed by atoms with Gasteiger partial charge in [0.25, 0.3) is 0 Å². The Hall–Kier alpha value is -1.77. The van der Waals surface area contributed by atoms with Crippen molar-refractivity contribution in [1.82, 2.24) is 0 Å². The van der Waals surface area contributed by atoms with Crippen molar-refractivity contribution in [2.75, 3.05) is 0 Å². The van der Waals surface area contributed by atoms with E-state index in [0.717, 1.165) is 14.3 Å². The van der Waals surface area contributed by atoms with Crippen LogP contribution in [0.3, 0.4) is 0 Å². The lowest BCUT2D eigenvalue weighted by Crippen LogP contribution is -1.99. The van der Waals surface area contributed by atoms with E-state index in [1.54, 1.807) is 12.1 Å². The van der Waals surface area contributed by atoms with E-state index in [4.69, 9.17) is 10.4 Å². The second-order valence-electron chi connectivity index (χ2n) is 3.68. The molecule has 2 rings (SSSR count). The average molecular weight is 334 g/mol. The molecule has 0 amide bonds. The number of carboxylic acids is 1. The van der Waals surface area contributed by atoms with Gasteiger partial charge in [-0.3, -0.25) is 0 Å². The molecule has 0 aromatic heterocycles. The SMILES string of the molecule is N#Cc1cc(Sc2ccc(Br)cc2)ccc1C(=O)O. The zero-order chi connectivity index (χ0) is 13.8. The minimum Gasteiger partial charge on any atom is -0.478 e. The van der Waals surface area contributed by atoms with Gasteiger partial charge < -0.3 is 5.11 Å². The summed E-state index contributed by atoms with van der Waals surface area (Å²) in [5, 5.41) is 17.9. The Morgan fingerprint density at radius 3 is 2.37 bits per heavy atom. The van der Waals surface area contributed by atoms with Crippen LogP contribution in [0.15, 0.2) is 56.7 Å². The fourth-order valence-corrected chi connectivity index (χ4v) is 2.63. The standard InChI is InChI=1S/C14H8BrNO2S/c15-10-1-3-11(4-2-10)19-12-5-6-13(14(17)18)9(7-12)8-16/h1-7H,(H,17,18). The number of carboxylic acid groups (broad SMARTS) is 1. The van der Waals surface area contributed by atoms with Crippen LogP contribution in [0.4, 0.5) is 0 Å². The summed E-state index contributed by atoms with van der Waals surface area (Å²) < 4.78 is 0.996. The molecule has 5 heteroatoms. The number of hydrogen-bond acceptors (Lipinski definition) is 3. The molecule has 3 nitrogen and oxygen atoms in total. The molecule has 0 unspecified atom stereocenters. The maximum Gasteiger partial charge on any atom is 0.337 e. The first-order valence-corrected chi connectivity index (χ1v) is 6.92. The zero-order valence-electron chi connectivity index (χ0n) is 9.63. The molecular formula is C14H8BrNO2S. The highest BCUT2D eigenvalue weighted by Crippen LogP contribution is 2.30. The van der Waals surface area contributed by atoms with E-state index in [-0.39, 0.29) is 11.1 Å². The Morgan fingerprint density at radius 2 is 1.79 bits per heavy atom. The third-order valence-corrected chi connectivity index (χ3v) is 3.92. The molecule has 1 N–H and O–H groups in total. The van der Waals surface area contributed by atoms with Gasteiger partial charge in [0.15, 0.2) is 0 Å². The highest BCUT2D eigenvalue weighted by atomic mass is 79.9. The lowest BCUT2D eigenvalue weighted by Gasteiger charge is -2.04. The highest BCUT2D eigenvalue weighted by molar-refractivity contribution is 9.10. The van der Waals surface area contributed by atoms with Crippen molar-refractivity contribution >= 4 is 33.7 Å². The van der Waals surface area contributed by atoms with Crippen molar-refractivity contribution in [3.8, 4) is 6.07 Å². The van der Waals surface area contributed by atoms with Crippen molar-refractivity contribution in [3.05, 3.63) is 58.1 Å². The quantitative estimate of drug-likeness (QED) is 0.915. The molecule has 0 heterocycles. The van der Waals surface area contributed by atoms with E-state index in [1.807, 2.05) is 30.3 Å². The molecule has 19 heavy (non-hydrogen) atoms. The molecule has 0 radical (unpaired) electrons. The summed E-state index contributed by atoms with van der Waals surface area (Å²) in [6.45, 7) is 0. The van der Waals surface area contributed by atoms with Gasteiger partial charge in [0, 0.05) is 14.3 Å². The third kappa shape index (κ3) is 3.37. The van der Waals surface area contributed by atoms with Gasteiger partial charge in [0.2, 0.25) is 0 Å². The normalized spacial score (nSPS) is 9.89. The number of hydrogen-bond donors (Lipinski definition) is 1. The molecule has 0 aliphatic heterocycles. The molecule has 0 spiro atoms. The number of halogens is 1. The Morgan fingerprint density at radius 1 is 1.16 bits per heavy atom. The number of aromatic carboxylic acids is 1. The summed E-state index contributed by atoms with van der Waals surface area (Å²) in [4.78, 5) is 12.8. The first-order chi connectivity index (χ1) is 9.10. The Labute approximate surface area is 123 Å². The summed E-state index contributed by atoms with van der Waals surface area (Å²) >= 11 is 4.84. The first kappa shape index (κ1) is 13.7. The van der Waals surface area contributed by atoms with Crippen molar-refractivity contribution < 1.29 is 9.90 Å². The second-order valence-corrected chi connectivity index (χ2v) is 5.74. The van der Waals surface area contributed by atoms with Gasteiger partial charge in [-0.15, -0.1) is 0 Å². The first-order valence-electron chi connectivity index (χ1n) is 5.31. The monoisotopic (exact) mass is 333 g/mol. The van der Waals surface area contributed by atoms with Crippen LogP contribution in [0.25, 0.3) is 0 Å². The smallest absolute Gasteiger partial charge is 0.337 e. The highest BCUT2D eigenvalue weighted by Gasteiger charge is 2.10. The van der Waals surface area contributed by atoms with Crippen molar-refractivity contribution in [2.24, 2.45) is 0 Å². The maximum absolute atomic E-state index is 10.9.